The SMILES string of the molecule is CN=C(NCC(C)N1CCOCC1C)N1CCc2ccccc21. The fourth-order valence-corrected chi connectivity index (χ4v) is 3.60. The van der Waals surface area contributed by atoms with Crippen molar-refractivity contribution in [2.75, 3.05) is 44.8 Å². The number of guanidine groups is 1. The molecule has 0 amide bonds. The quantitative estimate of drug-likeness (QED) is 0.681. The molecule has 2 aliphatic heterocycles. The topological polar surface area (TPSA) is 40.1 Å². The van der Waals surface area contributed by atoms with Gasteiger partial charge in [0.05, 0.1) is 13.2 Å². The molecule has 0 spiro atoms. The zero-order chi connectivity index (χ0) is 16.2. The highest BCUT2D eigenvalue weighted by Gasteiger charge is 2.26. The van der Waals surface area contributed by atoms with Gasteiger partial charge in [-0.25, -0.2) is 0 Å². The third kappa shape index (κ3) is 3.51. The molecule has 23 heavy (non-hydrogen) atoms. The highest BCUT2D eigenvalue weighted by molar-refractivity contribution is 5.97. The van der Waals surface area contributed by atoms with Crippen molar-refractivity contribution < 1.29 is 4.74 Å². The molecule has 5 heteroatoms. The summed E-state index contributed by atoms with van der Waals surface area (Å²) in [6.45, 7) is 9.09. The van der Waals surface area contributed by atoms with Crippen molar-refractivity contribution in [3.63, 3.8) is 0 Å². The molecule has 2 unspecified atom stereocenters. The van der Waals surface area contributed by atoms with Gasteiger partial charge in [0.15, 0.2) is 5.96 Å². The Labute approximate surface area is 139 Å². The lowest BCUT2D eigenvalue weighted by Gasteiger charge is -2.38. The Bertz CT molecular complexity index is 560. The number of aliphatic imine (C=N–C) groups is 1. The van der Waals surface area contributed by atoms with Gasteiger partial charge in [-0.1, -0.05) is 18.2 Å². The Morgan fingerprint density at radius 3 is 3.00 bits per heavy atom. The second-order valence-electron chi connectivity index (χ2n) is 6.47. The minimum absolute atomic E-state index is 0.462. The van der Waals surface area contributed by atoms with Crippen LogP contribution in [0.25, 0.3) is 0 Å². The van der Waals surface area contributed by atoms with Gasteiger partial charge in [-0.15, -0.1) is 0 Å². The third-order valence-electron chi connectivity index (χ3n) is 4.90. The van der Waals surface area contributed by atoms with Crippen molar-refractivity contribution in [1.29, 1.82) is 0 Å². The number of morpholine rings is 1. The zero-order valence-electron chi connectivity index (χ0n) is 14.5. The van der Waals surface area contributed by atoms with Gasteiger partial charge in [0.1, 0.15) is 0 Å². The van der Waals surface area contributed by atoms with E-state index in [1.807, 2.05) is 7.05 Å². The molecule has 0 bridgehead atoms. The van der Waals surface area contributed by atoms with Gasteiger partial charge in [-0.3, -0.25) is 9.89 Å². The van der Waals surface area contributed by atoms with Gasteiger partial charge in [-0.05, 0) is 31.9 Å². The molecule has 5 nitrogen and oxygen atoms in total. The normalized spacial score (nSPS) is 23.7. The number of nitrogens with zero attached hydrogens (tertiary/aromatic N) is 3. The lowest BCUT2D eigenvalue weighted by molar-refractivity contribution is -0.0174. The Balaban J connectivity index is 1.60. The van der Waals surface area contributed by atoms with Gasteiger partial charge in [-0.2, -0.15) is 0 Å². The van der Waals surface area contributed by atoms with Crippen molar-refractivity contribution in [2.45, 2.75) is 32.4 Å². The van der Waals surface area contributed by atoms with Crippen LogP contribution in [0.2, 0.25) is 0 Å². The Hall–Kier alpha value is -1.59. The molecular formula is C18H28N4O. The number of nitrogens with one attached hydrogen (secondary N) is 1. The summed E-state index contributed by atoms with van der Waals surface area (Å²) < 4.78 is 5.54. The van der Waals surface area contributed by atoms with E-state index in [9.17, 15) is 0 Å². The monoisotopic (exact) mass is 316 g/mol. The molecule has 0 radical (unpaired) electrons. The van der Waals surface area contributed by atoms with Crippen LogP contribution in [0.5, 0.6) is 0 Å². The summed E-state index contributed by atoms with van der Waals surface area (Å²) in [4.78, 5) is 9.31. The van der Waals surface area contributed by atoms with Crippen LogP contribution in [0.3, 0.4) is 0 Å². The van der Waals surface area contributed by atoms with Crippen LogP contribution in [-0.2, 0) is 11.2 Å². The van der Waals surface area contributed by atoms with E-state index in [4.69, 9.17) is 4.74 Å². The van der Waals surface area contributed by atoms with Crippen LogP contribution >= 0.6 is 0 Å². The van der Waals surface area contributed by atoms with Gasteiger partial charge < -0.3 is 15.0 Å². The molecule has 2 heterocycles. The number of hydrogen-bond acceptors (Lipinski definition) is 3. The third-order valence-corrected chi connectivity index (χ3v) is 4.90. The largest absolute Gasteiger partial charge is 0.379 e. The van der Waals surface area contributed by atoms with Gasteiger partial charge in [0.2, 0.25) is 0 Å². The number of ether oxygens (including phenoxy) is 1. The first kappa shape index (κ1) is 16.3. The number of benzene rings is 1. The summed E-state index contributed by atoms with van der Waals surface area (Å²) in [6.07, 6.45) is 1.09. The first-order valence-electron chi connectivity index (χ1n) is 8.60. The van der Waals surface area contributed by atoms with Gasteiger partial charge >= 0.3 is 0 Å². The number of rotatable bonds is 3. The van der Waals surface area contributed by atoms with E-state index in [-0.39, 0.29) is 0 Å². The molecule has 0 aliphatic carbocycles. The summed E-state index contributed by atoms with van der Waals surface area (Å²) in [7, 11) is 1.87. The van der Waals surface area contributed by atoms with E-state index in [1.165, 1.54) is 11.3 Å². The molecule has 2 atom stereocenters. The highest BCUT2D eigenvalue weighted by atomic mass is 16.5. The van der Waals surface area contributed by atoms with Crippen molar-refractivity contribution in [1.82, 2.24) is 10.2 Å². The van der Waals surface area contributed by atoms with Crippen LogP contribution in [0.1, 0.15) is 19.4 Å². The van der Waals surface area contributed by atoms with Crippen LogP contribution in [0.4, 0.5) is 5.69 Å². The van der Waals surface area contributed by atoms with Gasteiger partial charge in [0, 0.05) is 44.5 Å². The predicted molar refractivity (Wildman–Crippen MR) is 95.3 cm³/mol. The number of hydrogen-bond donors (Lipinski definition) is 1. The average molecular weight is 316 g/mol. The minimum Gasteiger partial charge on any atom is -0.379 e. The van der Waals surface area contributed by atoms with Crippen LogP contribution in [0.15, 0.2) is 29.3 Å². The zero-order valence-corrected chi connectivity index (χ0v) is 14.5. The summed E-state index contributed by atoms with van der Waals surface area (Å²) in [6, 6.07) is 9.55. The van der Waals surface area contributed by atoms with Crippen LogP contribution < -0.4 is 10.2 Å². The summed E-state index contributed by atoms with van der Waals surface area (Å²) in [5.74, 6) is 0.975. The summed E-state index contributed by atoms with van der Waals surface area (Å²) in [5, 5.41) is 3.56. The lowest BCUT2D eigenvalue weighted by Crippen LogP contribution is -2.53. The van der Waals surface area contributed by atoms with E-state index >= 15 is 0 Å². The summed E-state index contributed by atoms with van der Waals surface area (Å²) in [5.41, 5.74) is 2.69. The van der Waals surface area contributed by atoms with Crippen molar-refractivity contribution in [2.24, 2.45) is 4.99 Å². The molecule has 1 N–H and O–H groups in total. The second kappa shape index (κ2) is 7.32. The summed E-state index contributed by atoms with van der Waals surface area (Å²) >= 11 is 0. The molecule has 0 saturated carbocycles. The Morgan fingerprint density at radius 2 is 2.22 bits per heavy atom. The fraction of sp³-hybridized carbons (Fsp3) is 0.611. The predicted octanol–water partition coefficient (Wildman–Crippen LogP) is 1.73. The molecule has 0 aromatic heterocycles. The van der Waals surface area contributed by atoms with Crippen LogP contribution in [0, 0.1) is 0 Å². The molecular weight excluding hydrogens is 288 g/mol. The smallest absolute Gasteiger partial charge is 0.198 e. The molecule has 2 aliphatic rings. The van der Waals surface area contributed by atoms with E-state index in [0.29, 0.717) is 12.1 Å². The van der Waals surface area contributed by atoms with E-state index < -0.39 is 0 Å². The standard InChI is InChI=1S/C18H28N4O/c1-14(21-10-11-23-13-15(21)2)12-20-18(19-3)22-9-8-16-6-4-5-7-17(16)22/h4-7,14-15H,8-13H2,1-3H3,(H,19,20). The highest BCUT2D eigenvalue weighted by Crippen LogP contribution is 2.27. The number of anilines is 1. The first-order chi connectivity index (χ1) is 11.2. The second-order valence-corrected chi connectivity index (χ2v) is 6.47. The van der Waals surface area contributed by atoms with E-state index in [1.54, 1.807) is 0 Å². The van der Waals surface area contributed by atoms with Crippen LogP contribution in [-0.4, -0.2) is 62.8 Å². The maximum Gasteiger partial charge on any atom is 0.198 e. The van der Waals surface area contributed by atoms with Crippen molar-refractivity contribution in [3.8, 4) is 0 Å². The lowest BCUT2D eigenvalue weighted by atomic mass is 10.2. The molecule has 1 aromatic carbocycles. The Kier molecular flexibility index (Phi) is 5.18. The van der Waals surface area contributed by atoms with Gasteiger partial charge in [0.25, 0.3) is 0 Å². The molecule has 3 rings (SSSR count). The maximum atomic E-state index is 5.54. The molecule has 1 fully saturated rings. The number of fused-ring (bicyclic) bond motifs is 1. The molecule has 1 saturated heterocycles. The van der Waals surface area contributed by atoms with Crippen molar-refractivity contribution >= 4 is 11.6 Å². The first-order valence-corrected chi connectivity index (χ1v) is 8.60. The molecule has 1 aromatic rings. The molecule has 126 valence electrons. The minimum atomic E-state index is 0.462. The van der Waals surface area contributed by atoms with E-state index in [2.05, 4.69) is 58.2 Å². The maximum absolute atomic E-state index is 5.54. The van der Waals surface area contributed by atoms with Crippen molar-refractivity contribution in [3.05, 3.63) is 29.8 Å². The number of para-hydroxylation sites is 1. The fourth-order valence-electron chi connectivity index (χ4n) is 3.60. The average Bonchev–Trinajstić information content (AvgIpc) is 3.00. The Morgan fingerprint density at radius 1 is 1.39 bits per heavy atom. The van der Waals surface area contributed by atoms with E-state index in [0.717, 1.165) is 45.2 Å².